The van der Waals surface area contributed by atoms with Gasteiger partial charge < -0.3 is 9.64 Å². The molecular formula is C14H16N2O4S. The van der Waals surface area contributed by atoms with Gasteiger partial charge in [-0.1, -0.05) is 6.07 Å². The van der Waals surface area contributed by atoms with Crippen molar-refractivity contribution in [3.63, 3.8) is 0 Å². The fraction of sp³-hybridized carbons (Fsp3) is 0.429. The third kappa shape index (κ3) is 3.95. The predicted molar refractivity (Wildman–Crippen MR) is 76.5 cm³/mol. The highest BCUT2D eigenvalue weighted by Gasteiger charge is 2.32. The SMILES string of the molecule is CN(C(=O)COc1cccc(C#N)c1)[C@H]1CCS(=O)(=O)C1. The molecule has 0 saturated carbocycles. The summed E-state index contributed by atoms with van der Waals surface area (Å²) in [4.78, 5) is 13.4. The van der Waals surface area contributed by atoms with E-state index in [1.54, 1.807) is 31.3 Å². The van der Waals surface area contributed by atoms with Gasteiger partial charge in [-0.3, -0.25) is 4.79 Å². The first kappa shape index (κ1) is 15.3. The molecule has 1 aromatic carbocycles. The van der Waals surface area contributed by atoms with Crippen molar-refractivity contribution in [1.29, 1.82) is 5.26 Å². The first-order chi connectivity index (χ1) is 9.91. The van der Waals surface area contributed by atoms with Crippen molar-refractivity contribution in [2.24, 2.45) is 0 Å². The Labute approximate surface area is 123 Å². The van der Waals surface area contributed by atoms with Crippen LogP contribution in [0.2, 0.25) is 0 Å². The summed E-state index contributed by atoms with van der Waals surface area (Å²) in [5.74, 6) is 0.300. The molecule has 0 radical (unpaired) electrons. The normalized spacial score (nSPS) is 19.7. The van der Waals surface area contributed by atoms with Crippen LogP contribution >= 0.6 is 0 Å². The molecule has 0 spiro atoms. The lowest BCUT2D eigenvalue weighted by molar-refractivity contribution is -0.133. The molecule has 1 fully saturated rings. The minimum absolute atomic E-state index is 0.0131. The van der Waals surface area contributed by atoms with Crippen molar-refractivity contribution in [2.45, 2.75) is 12.5 Å². The number of nitrogens with zero attached hydrogens (tertiary/aromatic N) is 2. The second kappa shape index (κ2) is 6.14. The molecule has 0 bridgehead atoms. The maximum Gasteiger partial charge on any atom is 0.260 e. The van der Waals surface area contributed by atoms with E-state index in [4.69, 9.17) is 10.00 Å². The average Bonchev–Trinajstić information content (AvgIpc) is 2.84. The van der Waals surface area contributed by atoms with Crippen molar-refractivity contribution in [1.82, 2.24) is 4.90 Å². The van der Waals surface area contributed by atoms with Gasteiger partial charge in [0.15, 0.2) is 16.4 Å². The lowest BCUT2D eigenvalue weighted by Gasteiger charge is -2.23. The Kier molecular flexibility index (Phi) is 4.48. The number of sulfone groups is 1. The lowest BCUT2D eigenvalue weighted by Crippen LogP contribution is -2.40. The van der Waals surface area contributed by atoms with Crippen LogP contribution in [-0.4, -0.2) is 50.4 Å². The molecule has 1 aliphatic heterocycles. The standard InChI is InChI=1S/C14H16N2O4S/c1-16(12-5-6-21(18,19)10-12)14(17)9-20-13-4-2-3-11(7-13)8-15/h2-4,7,12H,5-6,9-10H2,1H3/t12-/m0/s1. The Bertz CT molecular complexity index is 678. The molecular weight excluding hydrogens is 292 g/mol. The molecule has 2 rings (SSSR count). The summed E-state index contributed by atoms with van der Waals surface area (Å²) in [6, 6.07) is 8.23. The molecule has 1 aromatic rings. The third-order valence-corrected chi connectivity index (χ3v) is 5.23. The van der Waals surface area contributed by atoms with Gasteiger partial charge in [0.05, 0.1) is 23.1 Å². The van der Waals surface area contributed by atoms with Gasteiger partial charge in [-0.05, 0) is 24.6 Å². The number of ether oxygens (including phenoxy) is 1. The fourth-order valence-electron chi connectivity index (χ4n) is 2.19. The van der Waals surface area contributed by atoms with E-state index < -0.39 is 9.84 Å². The van der Waals surface area contributed by atoms with Crippen LogP contribution in [0.4, 0.5) is 0 Å². The van der Waals surface area contributed by atoms with Crippen LogP contribution in [0.1, 0.15) is 12.0 Å². The molecule has 112 valence electrons. The van der Waals surface area contributed by atoms with E-state index in [9.17, 15) is 13.2 Å². The van der Waals surface area contributed by atoms with Crippen LogP contribution in [0.5, 0.6) is 5.75 Å². The van der Waals surface area contributed by atoms with Crippen molar-refractivity contribution >= 4 is 15.7 Å². The summed E-state index contributed by atoms with van der Waals surface area (Å²) in [6.07, 6.45) is 0.467. The van der Waals surface area contributed by atoms with Crippen LogP contribution in [-0.2, 0) is 14.6 Å². The van der Waals surface area contributed by atoms with E-state index in [-0.39, 0.29) is 30.1 Å². The van der Waals surface area contributed by atoms with Crippen LogP contribution in [0.3, 0.4) is 0 Å². The van der Waals surface area contributed by atoms with Crippen molar-refractivity contribution in [3.05, 3.63) is 29.8 Å². The van der Waals surface area contributed by atoms with Crippen molar-refractivity contribution < 1.29 is 17.9 Å². The number of likely N-dealkylation sites (N-methyl/N-ethyl adjacent to an activating group) is 1. The highest BCUT2D eigenvalue weighted by Crippen LogP contribution is 2.17. The van der Waals surface area contributed by atoms with Gasteiger partial charge in [0.25, 0.3) is 5.91 Å². The summed E-state index contributed by atoms with van der Waals surface area (Å²) in [5.41, 5.74) is 0.454. The van der Waals surface area contributed by atoms with Crippen molar-refractivity contribution in [3.8, 4) is 11.8 Å². The zero-order valence-electron chi connectivity index (χ0n) is 11.7. The van der Waals surface area contributed by atoms with E-state index in [0.717, 1.165) is 0 Å². The van der Waals surface area contributed by atoms with Gasteiger partial charge in [0.1, 0.15) is 5.75 Å². The maximum absolute atomic E-state index is 12.0. The number of hydrogen-bond donors (Lipinski definition) is 0. The van der Waals surface area contributed by atoms with Crippen molar-refractivity contribution in [2.75, 3.05) is 25.2 Å². The second-order valence-corrected chi connectivity index (χ2v) is 7.22. The number of rotatable bonds is 4. The lowest BCUT2D eigenvalue weighted by atomic mass is 10.2. The predicted octanol–water partition coefficient (Wildman–Crippen LogP) is 0.583. The first-order valence-electron chi connectivity index (χ1n) is 6.50. The van der Waals surface area contributed by atoms with Crippen LogP contribution in [0, 0.1) is 11.3 Å². The Hall–Kier alpha value is -2.07. The maximum atomic E-state index is 12.0. The minimum atomic E-state index is -3.02. The number of carbonyl (C=O) groups is 1. The molecule has 7 heteroatoms. The summed E-state index contributed by atoms with van der Waals surface area (Å²) in [7, 11) is -1.43. The van der Waals surface area contributed by atoms with E-state index >= 15 is 0 Å². The zero-order chi connectivity index (χ0) is 15.5. The molecule has 0 unspecified atom stereocenters. The first-order valence-corrected chi connectivity index (χ1v) is 8.32. The smallest absolute Gasteiger partial charge is 0.260 e. The van der Waals surface area contributed by atoms with Crippen LogP contribution in [0.25, 0.3) is 0 Å². The number of carbonyl (C=O) groups excluding carboxylic acids is 1. The number of benzene rings is 1. The van der Waals surface area contributed by atoms with E-state index in [1.165, 1.54) is 4.90 Å². The largest absolute Gasteiger partial charge is 0.484 e. The quantitative estimate of drug-likeness (QED) is 0.812. The summed E-state index contributed by atoms with van der Waals surface area (Å²) < 4.78 is 28.2. The Morgan fingerprint density at radius 2 is 2.29 bits per heavy atom. The molecule has 0 aliphatic carbocycles. The van der Waals surface area contributed by atoms with Crippen LogP contribution in [0.15, 0.2) is 24.3 Å². The molecule has 1 amide bonds. The summed E-state index contributed by atoms with van der Waals surface area (Å²) >= 11 is 0. The van der Waals surface area contributed by atoms with Gasteiger partial charge in [-0.15, -0.1) is 0 Å². The average molecular weight is 308 g/mol. The van der Waals surface area contributed by atoms with Gasteiger partial charge >= 0.3 is 0 Å². The minimum Gasteiger partial charge on any atom is -0.484 e. The molecule has 1 aliphatic rings. The van der Waals surface area contributed by atoms with Crippen LogP contribution < -0.4 is 4.74 Å². The molecule has 1 saturated heterocycles. The summed E-state index contributed by atoms with van der Waals surface area (Å²) in [5, 5.41) is 8.78. The highest BCUT2D eigenvalue weighted by atomic mass is 32.2. The topological polar surface area (TPSA) is 87.5 Å². The molecule has 21 heavy (non-hydrogen) atoms. The Morgan fingerprint density at radius 3 is 2.90 bits per heavy atom. The summed E-state index contributed by atoms with van der Waals surface area (Å²) in [6.45, 7) is -0.179. The molecule has 6 nitrogen and oxygen atoms in total. The van der Waals surface area contributed by atoms with Gasteiger partial charge in [-0.25, -0.2) is 8.42 Å². The van der Waals surface area contributed by atoms with Gasteiger partial charge in [0.2, 0.25) is 0 Å². The zero-order valence-corrected chi connectivity index (χ0v) is 12.5. The highest BCUT2D eigenvalue weighted by molar-refractivity contribution is 7.91. The molecule has 1 heterocycles. The monoisotopic (exact) mass is 308 g/mol. The Morgan fingerprint density at radius 1 is 1.52 bits per heavy atom. The second-order valence-electron chi connectivity index (χ2n) is 4.99. The third-order valence-electron chi connectivity index (χ3n) is 3.47. The number of hydrogen-bond acceptors (Lipinski definition) is 5. The fourth-order valence-corrected chi connectivity index (χ4v) is 3.96. The Balaban J connectivity index is 1.91. The molecule has 0 N–H and O–H groups in total. The van der Waals surface area contributed by atoms with Gasteiger partial charge in [-0.2, -0.15) is 5.26 Å². The molecule has 1 atom stereocenters. The van der Waals surface area contributed by atoms with E-state index in [0.29, 0.717) is 17.7 Å². The number of amides is 1. The van der Waals surface area contributed by atoms with E-state index in [2.05, 4.69) is 0 Å². The van der Waals surface area contributed by atoms with Gasteiger partial charge in [0, 0.05) is 13.1 Å². The molecule has 0 aromatic heterocycles. The number of nitriles is 1. The van der Waals surface area contributed by atoms with E-state index in [1.807, 2.05) is 6.07 Å².